The van der Waals surface area contributed by atoms with Crippen LogP contribution in [0.3, 0.4) is 0 Å². The van der Waals surface area contributed by atoms with Crippen LogP contribution < -0.4 is 19.9 Å². The summed E-state index contributed by atoms with van der Waals surface area (Å²) in [5.74, 6) is -1.77. The van der Waals surface area contributed by atoms with Crippen LogP contribution in [0.4, 0.5) is 10.5 Å². The summed E-state index contributed by atoms with van der Waals surface area (Å²) in [5, 5.41) is 2.22. The van der Waals surface area contributed by atoms with E-state index >= 15 is 0 Å². The topological polar surface area (TPSA) is 102 Å². The molecule has 9 nitrogen and oxygen atoms in total. The van der Waals surface area contributed by atoms with Gasteiger partial charge in [-0.05, 0) is 24.3 Å². The number of quaternary nitrogens is 1. The molecular weight excluding hydrogens is 364 g/mol. The molecule has 0 bridgehead atoms. The average molecular weight is 389 g/mol. The number of rotatable bonds is 7. The molecule has 1 aromatic rings. The lowest BCUT2D eigenvalue weighted by Crippen LogP contribution is -3.14. The standard InChI is InChI=1S/C19H24N4O5/c1-27-15-5-3-14(4-6-15)23-18(25)16(17(24)21-19(23)26)13-20-7-2-8-22-9-11-28-12-10-22/h3-6,13,16H,2,7-12H2,1H3,(H,21,24,26)/p+1/t16-/m0/s1. The van der Waals surface area contributed by atoms with Crippen LogP contribution in [0.25, 0.3) is 0 Å². The van der Waals surface area contributed by atoms with Gasteiger partial charge in [-0.15, -0.1) is 0 Å². The Hall–Kier alpha value is -2.78. The fraction of sp³-hybridized carbons (Fsp3) is 0.474. The first-order valence-corrected chi connectivity index (χ1v) is 9.34. The Balaban J connectivity index is 1.59. The van der Waals surface area contributed by atoms with Gasteiger partial charge >= 0.3 is 6.03 Å². The van der Waals surface area contributed by atoms with E-state index in [1.165, 1.54) is 18.2 Å². The number of anilines is 1. The lowest BCUT2D eigenvalue weighted by atomic mass is 10.1. The monoisotopic (exact) mass is 389 g/mol. The number of amides is 4. The molecule has 3 rings (SSSR count). The number of hydrogen-bond donors (Lipinski definition) is 2. The van der Waals surface area contributed by atoms with E-state index in [9.17, 15) is 14.4 Å². The summed E-state index contributed by atoms with van der Waals surface area (Å²) in [5.41, 5.74) is 0.366. The van der Waals surface area contributed by atoms with Crippen molar-refractivity contribution in [2.45, 2.75) is 6.42 Å². The van der Waals surface area contributed by atoms with Gasteiger partial charge in [-0.2, -0.15) is 0 Å². The fourth-order valence-electron chi connectivity index (χ4n) is 3.21. The highest BCUT2D eigenvalue weighted by atomic mass is 16.5. The fourth-order valence-corrected chi connectivity index (χ4v) is 3.21. The highest BCUT2D eigenvalue weighted by Gasteiger charge is 2.40. The number of barbiturate groups is 1. The smallest absolute Gasteiger partial charge is 0.335 e. The van der Waals surface area contributed by atoms with Crippen molar-refractivity contribution < 1.29 is 28.8 Å². The molecule has 0 aromatic heterocycles. The van der Waals surface area contributed by atoms with Gasteiger partial charge in [0, 0.05) is 19.2 Å². The normalized spacial score (nSPS) is 21.2. The molecule has 0 radical (unpaired) electrons. The van der Waals surface area contributed by atoms with Crippen molar-refractivity contribution in [3.8, 4) is 5.75 Å². The molecule has 4 amide bonds. The summed E-state index contributed by atoms with van der Waals surface area (Å²) < 4.78 is 10.4. The lowest BCUT2D eigenvalue weighted by molar-refractivity contribution is -0.908. The van der Waals surface area contributed by atoms with Gasteiger partial charge in [0.05, 0.1) is 32.6 Å². The van der Waals surface area contributed by atoms with Gasteiger partial charge in [0.2, 0.25) is 5.91 Å². The quantitative estimate of drug-likeness (QED) is 0.364. The van der Waals surface area contributed by atoms with Crippen molar-refractivity contribution in [1.82, 2.24) is 5.32 Å². The van der Waals surface area contributed by atoms with Gasteiger partial charge in [-0.3, -0.25) is 19.9 Å². The number of nitrogens with one attached hydrogen (secondary N) is 2. The molecule has 2 fully saturated rings. The third-order valence-corrected chi connectivity index (χ3v) is 4.80. The SMILES string of the molecule is COc1ccc(N2C(=O)NC(=O)[C@H](C=NCCC[NH+]3CCOCC3)C2=O)cc1. The summed E-state index contributed by atoms with van der Waals surface area (Å²) in [6.45, 7) is 5.05. The molecule has 150 valence electrons. The molecule has 0 saturated carbocycles. The summed E-state index contributed by atoms with van der Waals surface area (Å²) in [6.07, 6.45) is 2.20. The number of nitrogens with zero attached hydrogens (tertiary/aromatic N) is 2. The predicted molar refractivity (Wildman–Crippen MR) is 102 cm³/mol. The van der Waals surface area contributed by atoms with Crippen molar-refractivity contribution in [3.63, 3.8) is 0 Å². The van der Waals surface area contributed by atoms with Gasteiger partial charge in [-0.1, -0.05) is 0 Å². The van der Waals surface area contributed by atoms with Crippen molar-refractivity contribution in [3.05, 3.63) is 24.3 Å². The Labute approximate surface area is 163 Å². The Morgan fingerprint density at radius 2 is 1.96 bits per heavy atom. The molecule has 2 saturated heterocycles. The van der Waals surface area contributed by atoms with E-state index in [-0.39, 0.29) is 0 Å². The lowest BCUT2D eigenvalue weighted by Gasteiger charge is -2.28. The van der Waals surface area contributed by atoms with Gasteiger partial charge in [0.1, 0.15) is 18.8 Å². The highest BCUT2D eigenvalue weighted by Crippen LogP contribution is 2.23. The minimum absolute atomic E-state index is 0.366. The van der Waals surface area contributed by atoms with Crippen LogP contribution in [-0.4, -0.2) is 70.6 Å². The van der Waals surface area contributed by atoms with Crippen LogP contribution in [0.15, 0.2) is 29.3 Å². The zero-order chi connectivity index (χ0) is 19.9. The molecule has 2 aliphatic heterocycles. The van der Waals surface area contributed by atoms with Crippen LogP contribution in [-0.2, 0) is 14.3 Å². The van der Waals surface area contributed by atoms with Crippen LogP contribution in [0.1, 0.15) is 6.42 Å². The molecule has 2 aliphatic rings. The van der Waals surface area contributed by atoms with E-state index in [0.717, 1.165) is 44.2 Å². The predicted octanol–water partition coefficient (Wildman–Crippen LogP) is -0.730. The molecule has 2 N–H and O–H groups in total. The zero-order valence-electron chi connectivity index (χ0n) is 15.8. The summed E-state index contributed by atoms with van der Waals surface area (Å²) in [6, 6.07) is 5.70. The Morgan fingerprint density at radius 1 is 1.25 bits per heavy atom. The first-order chi connectivity index (χ1) is 13.6. The first-order valence-electron chi connectivity index (χ1n) is 9.34. The summed E-state index contributed by atoms with van der Waals surface area (Å²) >= 11 is 0. The van der Waals surface area contributed by atoms with Gasteiger partial charge in [0.15, 0.2) is 5.92 Å². The molecule has 1 aromatic carbocycles. The number of methoxy groups -OCH3 is 1. The maximum atomic E-state index is 12.7. The second kappa shape index (κ2) is 9.43. The van der Waals surface area contributed by atoms with E-state index in [0.29, 0.717) is 18.0 Å². The largest absolute Gasteiger partial charge is 0.497 e. The average Bonchev–Trinajstić information content (AvgIpc) is 2.71. The molecule has 28 heavy (non-hydrogen) atoms. The zero-order valence-corrected chi connectivity index (χ0v) is 15.8. The number of aliphatic imine (C=N–C) groups is 1. The second-order valence-corrected chi connectivity index (χ2v) is 6.66. The van der Waals surface area contributed by atoms with E-state index in [1.54, 1.807) is 24.3 Å². The van der Waals surface area contributed by atoms with Crippen molar-refractivity contribution >= 4 is 29.7 Å². The minimum Gasteiger partial charge on any atom is -0.497 e. The van der Waals surface area contributed by atoms with Crippen LogP contribution in [0, 0.1) is 5.92 Å². The number of hydrogen-bond acceptors (Lipinski definition) is 6. The third kappa shape index (κ3) is 4.73. The Morgan fingerprint density at radius 3 is 2.64 bits per heavy atom. The molecule has 0 aliphatic carbocycles. The molecule has 9 heteroatoms. The van der Waals surface area contributed by atoms with E-state index in [1.807, 2.05) is 0 Å². The van der Waals surface area contributed by atoms with E-state index < -0.39 is 23.8 Å². The van der Waals surface area contributed by atoms with Gasteiger partial charge in [-0.25, -0.2) is 9.69 Å². The van der Waals surface area contributed by atoms with Crippen LogP contribution in [0.2, 0.25) is 0 Å². The highest BCUT2D eigenvalue weighted by molar-refractivity contribution is 6.32. The van der Waals surface area contributed by atoms with Gasteiger partial charge < -0.3 is 14.4 Å². The maximum Gasteiger partial charge on any atom is 0.335 e. The number of benzene rings is 1. The number of morpholine rings is 1. The molecule has 1 atom stereocenters. The summed E-state index contributed by atoms with van der Waals surface area (Å²) in [7, 11) is 1.53. The Kier molecular flexibility index (Phi) is 6.72. The van der Waals surface area contributed by atoms with E-state index in [2.05, 4.69) is 10.3 Å². The van der Waals surface area contributed by atoms with Crippen molar-refractivity contribution in [2.24, 2.45) is 10.9 Å². The number of ether oxygens (including phenoxy) is 2. The second-order valence-electron chi connectivity index (χ2n) is 6.66. The van der Waals surface area contributed by atoms with Crippen molar-refractivity contribution in [1.29, 1.82) is 0 Å². The molecule has 0 spiro atoms. The first kappa shape index (κ1) is 20.0. The number of urea groups is 1. The Bertz CT molecular complexity index is 743. The van der Waals surface area contributed by atoms with Crippen LogP contribution in [0.5, 0.6) is 5.75 Å². The number of carbonyl (C=O) groups is 3. The molecular formula is C19H25N4O5+. The summed E-state index contributed by atoms with van der Waals surface area (Å²) in [4.78, 5) is 43.6. The van der Waals surface area contributed by atoms with Gasteiger partial charge in [0.25, 0.3) is 5.91 Å². The van der Waals surface area contributed by atoms with Crippen molar-refractivity contribution in [2.75, 3.05) is 51.4 Å². The van der Waals surface area contributed by atoms with Crippen LogP contribution >= 0.6 is 0 Å². The molecule has 0 unspecified atom stereocenters. The number of imide groups is 2. The molecule has 2 heterocycles. The van der Waals surface area contributed by atoms with E-state index in [4.69, 9.17) is 9.47 Å². The minimum atomic E-state index is -1.12. The maximum absolute atomic E-state index is 12.7. The number of carbonyl (C=O) groups excluding carboxylic acids is 3. The third-order valence-electron chi connectivity index (χ3n) is 4.80.